The van der Waals surface area contributed by atoms with Crippen LogP contribution in [0, 0.1) is 0 Å². The smallest absolute Gasteiger partial charge is 0.264 e. The molecule has 0 aliphatic carbocycles. The summed E-state index contributed by atoms with van der Waals surface area (Å²) in [5, 5.41) is 0. The van der Waals surface area contributed by atoms with Gasteiger partial charge in [-0.25, -0.2) is 8.42 Å². The van der Waals surface area contributed by atoms with Crippen LogP contribution in [-0.2, 0) is 24.3 Å². The molecule has 0 bridgehead atoms. The summed E-state index contributed by atoms with van der Waals surface area (Å²) in [6.07, 6.45) is 0.783. The number of benzene rings is 1. The molecule has 0 aromatic heterocycles. The fourth-order valence-electron chi connectivity index (χ4n) is 3.44. The average molecular weight is 428 g/mol. The Labute approximate surface area is 172 Å². The second kappa shape index (κ2) is 9.96. The van der Waals surface area contributed by atoms with Crippen LogP contribution in [0.4, 0.5) is 0 Å². The van der Waals surface area contributed by atoms with Gasteiger partial charge in [-0.3, -0.25) is 14.5 Å². The SMILES string of the molecule is CON(C)S(=O)(=O)c1cccc(C(=O)N2CC[C@H](OCCN3CCOCC3)C2)c1. The summed E-state index contributed by atoms with van der Waals surface area (Å²) in [4.78, 5) is 21.7. The van der Waals surface area contributed by atoms with Crippen molar-refractivity contribution in [3.63, 3.8) is 0 Å². The quantitative estimate of drug-likeness (QED) is 0.556. The number of carbonyl (C=O) groups is 1. The summed E-state index contributed by atoms with van der Waals surface area (Å²) in [5.74, 6) is -0.193. The summed E-state index contributed by atoms with van der Waals surface area (Å²) >= 11 is 0. The molecular formula is C19H29N3O6S. The topological polar surface area (TPSA) is 88.6 Å². The van der Waals surface area contributed by atoms with Crippen LogP contribution in [0.3, 0.4) is 0 Å². The molecule has 2 heterocycles. The van der Waals surface area contributed by atoms with E-state index in [0.29, 0.717) is 25.3 Å². The van der Waals surface area contributed by atoms with Crippen molar-refractivity contribution in [2.24, 2.45) is 0 Å². The van der Waals surface area contributed by atoms with E-state index in [4.69, 9.17) is 14.3 Å². The van der Waals surface area contributed by atoms with Gasteiger partial charge in [0.15, 0.2) is 0 Å². The Kier molecular flexibility index (Phi) is 7.60. The maximum Gasteiger partial charge on any atom is 0.264 e. The van der Waals surface area contributed by atoms with Crippen molar-refractivity contribution < 1.29 is 27.5 Å². The van der Waals surface area contributed by atoms with Crippen LogP contribution >= 0.6 is 0 Å². The first kappa shape index (κ1) is 22.1. The van der Waals surface area contributed by atoms with Crippen LogP contribution < -0.4 is 0 Å². The van der Waals surface area contributed by atoms with E-state index < -0.39 is 10.0 Å². The summed E-state index contributed by atoms with van der Waals surface area (Å²) in [6, 6.07) is 6.03. The zero-order chi connectivity index (χ0) is 20.9. The molecule has 9 nitrogen and oxygen atoms in total. The van der Waals surface area contributed by atoms with E-state index in [1.807, 2.05) is 0 Å². The summed E-state index contributed by atoms with van der Waals surface area (Å²) in [5.41, 5.74) is 0.338. The standard InChI is InChI=1S/C19H29N3O6S/c1-20(26-2)29(24,25)18-5-3-4-16(14-18)19(23)22-7-6-17(15-22)28-13-10-21-8-11-27-12-9-21/h3-5,14,17H,6-13,15H2,1-2H3/t17-/m0/s1. The lowest BCUT2D eigenvalue weighted by Crippen LogP contribution is -2.39. The second-order valence-corrected chi connectivity index (χ2v) is 9.05. The molecule has 2 aliphatic rings. The van der Waals surface area contributed by atoms with Crippen LogP contribution in [0.5, 0.6) is 0 Å². The maximum absolute atomic E-state index is 12.8. The monoisotopic (exact) mass is 427 g/mol. The van der Waals surface area contributed by atoms with Gasteiger partial charge in [-0.05, 0) is 24.6 Å². The highest BCUT2D eigenvalue weighted by atomic mass is 32.2. The van der Waals surface area contributed by atoms with Crippen LogP contribution in [0.2, 0.25) is 0 Å². The molecule has 1 aromatic carbocycles. The number of morpholine rings is 1. The summed E-state index contributed by atoms with van der Waals surface area (Å²) < 4.78 is 36.9. The molecule has 10 heteroatoms. The molecule has 0 spiro atoms. The maximum atomic E-state index is 12.8. The second-order valence-electron chi connectivity index (χ2n) is 7.11. The van der Waals surface area contributed by atoms with Gasteiger partial charge in [0.2, 0.25) is 0 Å². The van der Waals surface area contributed by atoms with Crippen molar-refractivity contribution in [2.75, 3.05) is 66.7 Å². The van der Waals surface area contributed by atoms with E-state index >= 15 is 0 Å². The van der Waals surface area contributed by atoms with Crippen molar-refractivity contribution >= 4 is 15.9 Å². The molecule has 3 rings (SSSR count). The largest absolute Gasteiger partial charge is 0.379 e. The van der Waals surface area contributed by atoms with Crippen molar-refractivity contribution in [3.05, 3.63) is 29.8 Å². The molecule has 0 unspecified atom stereocenters. The Bertz CT molecular complexity index is 797. The van der Waals surface area contributed by atoms with Gasteiger partial charge in [0.05, 0.1) is 37.9 Å². The van der Waals surface area contributed by atoms with Gasteiger partial charge in [0.1, 0.15) is 0 Å². The highest BCUT2D eigenvalue weighted by molar-refractivity contribution is 7.89. The number of hydrogen-bond acceptors (Lipinski definition) is 7. The number of ether oxygens (including phenoxy) is 2. The predicted molar refractivity (Wildman–Crippen MR) is 106 cm³/mol. The van der Waals surface area contributed by atoms with Crippen LogP contribution in [0.1, 0.15) is 16.8 Å². The van der Waals surface area contributed by atoms with Crippen molar-refractivity contribution in [2.45, 2.75) is 17.4 Å². The molecule has 2 saturated heterocycles. The van der Waals surface area contributed by atoms with Crippen LogP contribution in [0.25, 0.3) is 0 Å². The Morgan fingerprint density at radius 2 is 2.03 bits per heavy atom. The third kappa shape index (κ3) is 5.53. The molecule has 2 fully saturated rings. The lowest BCUT2D eigenvalue weighted by atomic mass is 10.2. The fourth-order valence-corrected chi connectivity index (χ4v) is 4.46. The first-order valence-electron chi connectivity index (χ1n) is 9.76. The molecule has 2 aliphatic heterocycles. The minimum atomic E-state index is -3.80. The van der Waals surface area contributed by atoms with Crippen LogP contribution in [-0.4, -0.2) is 101 Å². The summed E-state index contributed by atoms with van der Waals surface area (Å²) in [6.45, 7) is 5.98. The molecule has 29 heavy (non-hydrogen) atoms. The van der Waals surface area contributed by atoms with Gasteiger partial charge in [-0.2, -0.15) is 0 Å². The first-order valence-corrected chi connectivity index (χ1v) is 11.2. The lowest BCUT2D eigenvalue weighted by Gasteiger charge is -2.26. The van der Waals surface area contributed by atoms with E-state index in [1.54, 1.807) is 17.0 Å². The van der Waals surface area contributed by atoms with Crippen LogP contribution in [0.15, 0.2) is 29.2 Å². The average Bonchev–Trinajstić information content (AvgIpc) is 3.22. The third-order valence-corrected chi connectivity index (χ3v) is 6.95. The Morgan fingerprint density at radius 1 is 1.28 bits per heavy atom. The third-order valence-electron chi connectivity index (χ3n) is 5.27. The van der Waals surface area contributed by atoms with Gasteiger partial charge in [0, 0.05) is 45.3 Å². The highest BCUT2D eigenvalue weighted by Crippen LogP contribution is 2.20. The first-order chi connectivity index (χ1) is 13.9. The number of hydroxylamine groups is 1. The van der Waals surface area contributed by atoms with Gasteiger partial charge in [-0.1, -0.05) is 10.5 Å². The number of sulfonamides is 1. The number of amides is 1. The predicted octanol–water partition coefficient (Wildman–Crippen LogP) is 0.432. The van der Waals surface area contributed by atoms with Gasteiger partial charge in [0.25, 0.3) is 15.9 Å². The Hall–Kier alpha value is -1.56. The molecule has 1 amide bonds. The molecule has 1 aromatic rings. The minimum Gasteiger partial charge on any atom is -0.379 e. The molecule has 0 radical (unpaired) electrons. The number of rotatable bonds is 8. The van der Waals surface area contributed by atoms with Gasteiger partial charge in [-0.15, -0.1) is 0 Å². The molecule has 0 N–H and O–H groups in total. The number of carbonyl (C=O) groups excluding carboxylic acids is 1. The van der Waals surface area contributed by atoms with E-state index in [9.17, 15) is 13.2 Å². The Balaban J connectivity index is 1.54. The zero-order valence-electron chi connectivity index (χ0n) is 17.0. The van der Waals surface area contributed by atoms with Gasteiger partial charge >= 0.3 is 0 Å². The van der Waals surface area contributed by atoms with E-state index in [0.717, 1.165) is 43.7 Å². The van der Waals surface area contributed by atoms with Crippen molar-refractivity contribution in [1.29, 1.82) is 0 Å². The molecule has 162 valence electrons. The van der Waals surface area contributed by atoms with E-state index in [-0.39, 0.29) is 16.9 Å². The van der Waals surface area contributed by atoms with Crippen molar-refractivity contribution in [1.82, 2.24) is 14.3 Å². The highest BCUT2D eigenvalue weighted by Gasteiger charge is 2.29. The molecular weight excluding hydrogens is 398 g/mol. The number of hydrogen-bond donors (Lipinski definition) is 0. The fraction of sp³-hybridized carbons (Fsp3) is 0.632. The molecule has 0 saturated carbocycles. The number of nitrogens with zero attached hydrogens (tertiary/aromatic N) is 3. The lowest BCUT2D eigenvalue weighted by molar-refractivity contribution is -0.0258. The zero-order valence-corrected chi connectivity index (χ0v) is 17.8. The van der Waals surface area contributed by atoms with Crippen molar-refractivity contribution in [3.8, 4) is 0 Å². The summed E-state index contributed by atoms with van der Waals surface area (Å²) in [7, 11) is -1.22. The Morgan fingerprint density at radius 3 is 2.76 bits per heavy atom. The van der Waals surface area contributed by atoms with E-state index in [1.165, 1.54) is 26.3 Å². The normalized spacial score (nSPS) is 21.1. The molecule has 1 atom stereocenters. The van der Waals surface area contributed by atoms with E-state index in [2.05, 4.69) is 4.90 Å². The minimum absolute atomic E-state index is 0.00605. The number of likely N-dealkylation sites (tertiary alicyclic amines) is 1. The van der Waals surface area contributed by atoms with Gasteiger partial charge < -0.3 is 14.4 Å².